The van der Waals surface area contributed by atoms with E-state index in [-0.39, 0.29) is 0 Å². The van der Waals surface area contributed by atoms with Crippen LogP contribution in [0.1, 0.15) is 0 Å². The number of fused-ring (bicyclic) bond motifs is 1. The Hall–Kier alpha value is -2.70. The molecule has 0 radical (unpaired) electrons. The van der Waals surface area contributed by atoms with Crippen LogP contribution in [0.15, 0.2) is 29.0 Å². The number of ether oxygens (including phenoxy) is 2. The van der Waals surface area contributed by atoms with Gasteiger partial charge >= 0.3 is 0 Å². The average Bonchev–Trinajstić information content (AvgIpc) is 2.93. The van der Waals surface area contributed by atoms with Crippen molar-refractivity contribution < 1.29 is 14.1 Å². The third kappa shape index (κ3) is 1.85. The predicted molar refractivity (Wildman–Crippen MR) is 65.9 cm³/mol. The lowest BCUT2D eigenvalue weighted by atomic mass is 10.1. The van der Waals surface area contributed by atoms with Gasteiger partial charge < -0.3 is 9.47 Å². The topological polar surface area (TPSA) is 83.2 Å². The molecule has 0 unspecified atom stereocenters. The maximum atomic E-state index is 5.33. The molecule has 0 saturated heterocycles. The fourth-order valence-corrected chi connectivity index (χ4v) is 1.82. The molecular formula is C12H10N4O3. The summed E-state index contributed by atoms with van der Waals surface area (Å²) in [4.78, 5) is 8.46. The minimum Gasteiger partial charge on any atom is -0.496 e. The van der Waals surface area contributed by atoms with Crippen LogP contribution < -0.4 is 9.47 Å². The first-order valence-corrected chi connectivity index (χ1v) is 5.50. The van der Waals surface area contributed by atoms with E-state index in [1.807, 2.05) is 18.2 Å². The van der Waals surface area contributed by atoms with Crippen LogP contribution in [-0.2, 0) is 0 Å². The Morgan fingerprint density at radius 2 is 1.68 bits per heavy atom. The normalized spacial score (nSPS) is 10.6. The van der Waals surface area contributed by atoms with Gasteiger partial charge in [-0.25, -0.2) is 14.6 Å². The lowest BCUT2D eigenvalue weighted by Gasteiger charge is -2.11. The second-order valence-electron chi connectivity index (χ2n) is 3.70. The quantitative estimate of drug-likeness (QED) is 0.706. The van der Waals surface area contributed by atoms with Gasteiger partial charge in [-0.15, -0.1) is 0 Å². The maximum Gasteiger partial charge on any atom is 0.243 e. The Kier molecular flexibility index (Phi) is 2.71. The Morgan fingerprint density at radius 1 is 1.00 bits per heavy atom. The Balaban J connectivity index is 2.24. The predicted octanol–water partition coefficient (Wildman–Crippen LogP) is 1.70. The molecule has 0 aliphatic carbocycles. The summed E-state index contributed by atoms with van der Waals surface area (Å²) in [5.74, 6) is 1.29. The van der Waals surface area contributed by atoms with Gasteiger partial charge in [0.25, 0.3) is 0 Å². The Morgan fingerprint density at radius 3 is 2.37 bits per heavy atom. The van der Waals surface area contributed by atoms with E-state index in [4.69, 9.17) is 9.47 Å². The van der Waals surface area contributed by atoms with Gasteiger partial charge in [0, 0.05) is 0 Å². The zero-order valence-electron chi connectivity index (χ0n) is 10.3. The van der Waals surface area contributed by atoms with E-state index in [2.05, 4.69) is 24.9 Å². The second kappa shape index (κ2) is 4.52. The average molecular weight is 258 g/mol. The van der Waals surface area contributed by atoms with Crippen LogP contribution in [-0.4, -0.2) is 34.5 Å². The van der Waals surface area contributed by atoms with E-state index in [0.29, 0.717) is 34.1 Å². The van der Waals surface area contributed by atoms with E-state index in [0.717, 1.165) is 0 Å². The summed E-state index contributed by atoms with van der Waals surface area (Å²) in [7, 11) is 3.17. The van der Waals surface area contributed by atoms with Crippen molar-refractivity contribution in [1.29, 1.82) is 0 Å². The van der Waals surface area contributed by atoms with Gasteiger partial charge in [-0.1, -0.05) is 6.07 Å². The van der Waals surface area contributed by atoms with E-state index in [1.165, 1.54) is 0 Å². The van der Waals surface area contributed by atoms with E-state index in [9.17, 15) is 0 Å². The number of aromatic nitrogens is 4. The molecule has 0 N–H and O–H groups in total. The molecule has 7 nitrogen and oxygen atoms in total. The van der Waals surface area contributed by atoms with Crippen molar-refractivity contribution >= 4 is 11.3 Å². The minimum atomic E-state index is 0.338. The van der Waals surface area contributed by atoms with Crippen molar-refractivity contribution in [2.24, 2.45) is 0 Å². The molecule has 3 rings (SSSR count). The molecule has 0 atom stereocenters. The van der Waals surface area contributed by atoms with Gasteiger partial charge in [0.15, 0.2) is 0 Å². The zero-order valence-corrected chi connectivity index (χ0v) is 10.3. The fraction of sp³-hybridized carbons (Fsp3) is 0.167. The van der Waals surface area contributed by atoms with Crippen LogP contribution in [0.3, 0.4) is 0 Å². The third-order valence-electron chi connectivity index (χ3n) is 2.67. The molecule has 0 spiro atoms. The number of methoxy groups -OCH3 is 2. The summed E-state index contributed by atoms with van der Waals surface area (Å²) in [6, 6.07) is 5.49. The summed E-state index contributed by atoms with van der Waals surface area (Å²) < 4.78 is 15.2. The first-order chi connectivity index (χ1) is 9.33. The smallest absolute Gasteiger partial charge is 0.243 e. The largest absolute Gasteiger partial charge is 0.496 e. The van der Waals surface area contributed by atoms with Crippen molar-refractivity contribution in [2.75, 3.05) is 14.2 Å². The first-order valence-electron chi connectivity index (χ1n) is 5.50. The molecular weight excluding hydrogens is 248 g/mol. The molecule has 0 saturated carbocycles. The first kappa shape index (κ1) is 11.4. The van der Waals surface area contributed by atoms with Crippen LogP contribution in [0.4, 0.5) is 0 Å². The summed E-state index contributed by atoms with van der Waals surface area (Å²) in [5.41, 5.74) is 1.99. The third-order valence-corrected chi connectivity index (χ3v) is 2.67. The molecule has 7 heteroatoms. The van der Waals surface area contributed by atoms with Gasteiger partial charge in [-0.2, -0.15) is 0 Å². The van der Waals surface area contributed by atoms with Gasteiger partial charge in [0.05, 0.1) is 31.7 Å². The van der Waals surface area contributed by atoms with E-state index < -0.39 is 0 Å². The standard InChI is InChI=1S/C12H10N4O3/c1-17-8-4-3-5-9(18-2)10(8)7-6-13-11-12(14-7)16-19-15-11/h3-6H,1-2H3. The summed E-state index contributed by atoms with van der Waals surface area (Å²) in [6.07, 6.45) is 1.58. The number of rotatable bonds is 3. The van der Waals surface area contributed by atoms with Gasteiger partial charge in [-0.3, -0.25) is 0 Å². The van der Waals surface area contributed by atoms with Crippen molar-refractivity contribution in [2.45, 2.75) is 0 Å². The highest BCUT2D eigenvalue weighted by atomic mass is 16.6. The van der Waals surface area contributed by atoms with Crippen molar-refractivity contribution in [3.63, 3.8) is 0 Å². The zero-order chi connectivity index (χ0) is 13.2. The highest BCUT2D eigenvalue weighted by Gasteiger charge is 2.15. The molecule has 3 aromatic rings. The second-order valence-corrected chi connectivity index (χ2v) is 3.70. The Labute approximate surface area is 108 Å². The molecule has 0 fully saturated rings. The minimum absolute atomic E-state index is 0.338. The van der Waals surface area contributed by atoms with Crippen LogP contribution in [0.25, 0.3) is 22.6 Å². The van der Waals surface area contributed by atoms with Crippen molar-refractivity contribution in [3.8, 4) is 22.8 Å². The molecule has 0 amide bonds. The number of hydrogen-bond donors (Lipinski definition) is 0. The van der Waals surface area contributed by atoms with Crippen molar-refractivity contribution in [1.82, 2.24) is 20.3 Å². The maximum absolute atomic E-state index is 5.33. The number of hydrogen-bond acceptors (Lipinski definition) is 7. The SMILES string of the molecule is COc1cccc(OC)c1-c1cnc2nonc2n1. The summed E-state index contributed by atoms with van der Waals surface area (Å²) >= 11 is 0. The lowest BCUT2D eigenvalue weighted by molar-refractivity contribution is 0.314. The van der Waals surface area contributed by atoms with E-state index >= 15 is 0 Å². The number of nitrogens with zero attached hydrogens (tertiary/aromatic N) is 4. The molecule has 0 aliphatic heterocycles. The monoisotopic (exact) mass is 258 g/mol. The molecule has 1 aromatic carbocycles. The van der Waals surface area contributed by atoms with Gasteiger partial charge in [-0.05, 0) is 22.4 Å². The van der Waals surface area contributed by atoms with Crippen LogP contribution >= 0.6 is 0 Å². The molecule has 2 aromatic heterocycles. The molecule has 2 heterocycles. The van der Waals surface area contributed by atoms with Gasteiger partial charge in [0.2, 0.25) is 11.3 Å². The molecule has 0 aliphatic rings. The van der Waals surface area contributed by atoms with Crippen molar-refractivity contribution in [3.05, 3.63) is 24.4 Å². The molecule has 19 heavy (non-hydrogen) atoms. The summed E-state index contributed by atoms with van der Waals surface area (Å²) in [5, 5.41) is 7.29. The summed E-state index contributed by atoms with van der Waals surface area (Å²) in [6.45, 7) is 0. The molecule has 0 bridgehead atoms. The fourth-order valence-electron chi connectivity index (χ4n) is 1.82. The van der Waals surface area contributed by atoms with Crippen LogP contribution in [0.5, 0.6) is 11.5 Å². The van der Waals surface area contributed by atoms with Crippen LogP contribution in [0, 0.1) is 0 Å². The Bertz CT molecular complexity index is 704. The number of benzene rings is 1. The highest BCUT2D eigenvalue weighted by molar-refractivity contribution is 5.77. The molecule has 96 valence electrons. The van der Waals surface area contributed by atoms with E-state index in [1.54, 1.807) is 20.4 Å². The highest BCUT2D eigenvalue weighted by Crippen LogP contribution is 2.36. The van der Waals surface area contributed by atoms with Crippen LogP contribution in [0.2, 0.25) is 0 Å². The van der Waals surface area contributed by atoms with Gasteiger partial charge in [0.1, 0.15) is 11.5 Å². The lowest BCUT2D eigenvalue weighted by Crippen LogP contribution is -1.95.